The molecule has 9 aromatic rings. The Morgan fingerprint density at radius 3 is 1.84 bits per heavy atom. The van der Waals surface area contributed by atoms with Gasteiger partial charge in [-0.2, -0.15) is 0 Å². The average Bonchev–Trinajstić information content (AvgIpc) is 3.74. The number of hydrogen-bond acceptors (Lipinski definition) is 5. The van der Waals surface area contributed by atoms with Gasteiger partial charge in [0.15, 0.2) is 17.5 Å². The lowest BCUT2D eigenvalue weighted by Gasteiger charge is -2.08. The molecule has 9 rings (SSSR count). The van der Waals surface area contributed by atoms with Crippen LogP contribution in [-0.4, -0.2) is 15.0 Å². The topological polar surface area (TPSA) is 65.0 Å². The van der Waals surface area contributed by atoms with Crippen molar-refractivity contribution in [2.45, 2.75) is 0 Å². The SMILES string of the molecule is [2H]c1c(-c2ccccc2)c([2H])c2c(oc3c([2H])c(-c4nc(-c5ccccc5)nc(-c5ccc6oc7ccccc7c6c5)n4)c([2H])c([2H])c32)c1[2H]. The molecule has 0 radical (unpaired) electrons. The van der Waals surface area contributed by atoms with Gasteiger partial charge < -0.3 is 8.83 Å². The van der Waals surface area contributed by atoms with Crippen molar-refractivity contribution in [3.8, 4) is 45.3 Å². The molecule has 0 saturated heterocycles. The third-order valence-corrected chi connectivity index (χ3v) is 7.60. The standard InChI is InChI=1S/C39H23N3O2/c1-3-9-24(10-4-1)26-16-19-35-31(21-26)30-18-15-28(23-36(30)44-35)39-41-37(25-11-5-2-6-12-25)40-38(42-39)27-17-20-34-32(22-27)29-13-7-8-14-33(29)43-34/h1-23H/i15D,16D,18D,19D,21D,23D. The lowest BCUT2D eigenvalue weighted by molar-refractivity contribution is 0.668. The zero-order valence-electron chi connectivity index (χ0n) is 29.0. The molecular weight excluding hydrogens is 542 g/mol. The number of aromatic nitrogens is 3. The van der Waals surface area contributed by atoms with Gasteiger partial charge in [-0.3, -0.25) is 0 Å². The van der Waals surface area contributed by atoms with Gasteiger partial charge in [0, 0.05) is 38.2 Å². The molecule has 5 heteroatoms. The molecule has 0 aliphatic rings. The molecule has 0 N–H and O–H groups in total. The molecule has 0 aliphatic carbocycles. The molecule has 6 aromatic carbocycles. The summed E-state index contributed by atoms with van der Waals surface area (Å²) in [6, 6.07) is 30.1. The summed E-state index contributed by atoms with van der Waals surface area (Å²) in [7, 11) is 0. The van der Waals surface area contributed by atoms with E-state index in [0.717, 1.165) is 16.4 Å². The first-order valence-corrected chi connectivity index (χ1v) is 14.0. The van der Waals surface area contributed by atoms with E-state index in [-0.39, 0.29) is 75.1 Å². The van der Waals surface area contributed by atoms with E-state index in [9.17, 15) is 2.74 Å². The van der Waals surface area contributed by atoms with Crippen molar-refractivity contribution in [3.05, 3.63) is 139 Å². The van der Waals surface area contributed by atoms with Gasteiger partial charge in [0.25, 0.3) is 0 Å². The van der Waals surface area contributed by atoms with E-state index in [0.29, 0.717) is 33.9 Å². The Kier molecular flexibility index (Phi) is 4.25. The number of hydrogen-bond donors (Lipinski definition) is 0. The van der Waals surface area contributed by atoms with E-state index in [2.05, 4.69) is 0 Å². The molecule has 206 valence electrons. The number of fused-ring (bicyclic) bond motifs is 6. The summed E-state index contributed by atoms with van der Waals surface area (Å²) in [5.74, 6) is 0.607. The predicted molar refractivity (Wildman–Crippen MR) is 176 cm³/mol. The van der Waals surface area contributed by atoms with Crippen LogP contribution in [0.5, 0.6) is 0 Å². The fraction of sp³-hybridized carbons (Fsp3) is 0. The van der Waals surface area contributed by atoms with E-state index in [1.165, 1.54) is 0 Å². The van der Waals surface area contributed by atoms with E-state index in [4.69, 9.17) is 29.3 Å². The molecule has 0 spiro atoms. The van der Waals surface area contributed by atoms with Crippen LogP contribution in [0.25, 0.3) is 89.2 Å². The molecule has 0 bridgehead atoms. The van der Waals surface area contributed by atoms with Gasteiger partial charge in [0.2, 0.25) is 0 Å². The Labute approximate surface area is 260 Å². The molecule has 0 fully saturated rings. The maximum atomic E-state index is 9.31. The van der Waals surface area contributed by atoms with Crippen molar-refractivity contribution in [2.75, 3.05) is 0 Å². The van der Waals surface area contributed by atoms with Crippen LogP contribution in [0.3, 0.4) is 0 Å². The molecular formula is C39H23N3O2. The molecule has 5 nitrogen and oxygen atoms in total. The van der Waals surface area contributed by atoms with Crippen molar-refractivity contribution < 1.29 is 17.1 Å². The van der Waals surface area contributed by atoms with Gasteiger partial charge in [-0.15, -0.1) is 0 Å². The molecule has 3 aromatic heterocycles. The van der Waals surface area contributed by atoms with Crippen LogP contribution in [0.1, 0.15) is 8.22 Å². The molecule has 0 aliphatic heterocycles. The minimum absolute atomic E-state index is 0.000191. The number of benzene rings is 6. The van der Waals surface area contributed by atoms with E-state index in [1.54, 1.807) is 24.3 Å². The second-order valence-electron chi connectivity index (χ2n) is 10.4. The van der Waals surface area contributed by atoms with Gasteiger partial charge in [-0.25, -0.2) is 15.0 Å². The quantitative estimate of drug-likeness (QED) is 0.210. The van der Waals surface area contributed by atoms with Crippen molar-refractivity contribution in [2.24, 2.45) is 0 Å². The third-order valence-electron chi connectivity index (χ3n) is 7.60. The first-order valence-electron chi connectivity index (χ1n) is 17.0. The first-order chi connectivity index (χ1) is 24.3. The number of nitrogens with zero attached hydrogens (tertiary/aromatic N) is 3. The molecule has 0 saturated carbocycles. The molecule has 44 heavy (non-hydrogen) atoms. The van der Waals surface area contributed by atoms with Gasteiger partial charge in [0.1, 0.15) is 22.3 Å². The summed E-state index contributed by atoms with van der Waals surface area (Å²) >= 11 is 0. The second kappa shape index (κ2) is 9.75. The van der Waals surface area contributed by atoms with Crippen molar-refractivity contribution >= 4 is 43.9 Å². The lowest BCUT2D eigenvalue weighted by Crippen LogP contribution is -2.00. The summed E-state index contributed by atoms with van der Waals surface area (Å²) in [6.45, 7) is 0. The van der Waals surface area contributed by atoms with Crippen LogP contribution in [0.2, 0.25) is 0 Å². The Morgan fingerprint density at radius 1 is 0.386 bits per heavy atom. The highest BCUT2D eigenvalue weighted by molar-refractivity contribution is 6.07. The summed E-state index contributed by atoms with van der Waals surface area (Å²) < 4.78 is 66.3. The summed E-state index contributed by atoms with van der Waals surface area (Å²) in [5, 5.41) is 1.98. The average molecular weight is 572 g/mol. The van der Waals surface area contributed by atoms with Crippen LogP contribution in [0, 0.1) is 0 Å². The number of rotatable bonds is 4. The largest absolute Gasteiger partial charge is 0.456 e. The van der Waals surface area contributed by atoms with Gasteiger partial charge in [-0.05, 0) is 59.6 Å². The van der Waals surface area contributed by atoms with E-state index >= 15 is 0 Å². The Morgan fingerprint density at radius 2 is 1.02 bits per heavy atom. The highest BCUT2D eigenvalue weighted by Gasteiger charge is 2.16. The molecule has 0 amide bonds. The van der Waals surface area contributed by atoms with Crippen LogP contribution >= 0.6 is 0 Å². The Balaban J connectivity index is 1.31. The monoisotopic (exact) mass is 571 g/mol. The summed E-state index contributed by atoms with van der Waals surface area (Å²) in [6.07, 6.45) is 0. The third kappa shape index (κ3) is 4.06. The molecule has 0 atom stereocenters. The molecule has 3 heterocycles. The lowest BCUT2D eigenvalue weighted by atomic mass is 10.0. The fourth-order valence-corrected chi connectivity index (χ4v) is 5.45. The first kappa shape index (κ1) is 19.2. The minimum Gasteiger partial charge on any atom is -0.456 e. The van der Waals surface area contributed by atoms with Gasteiger partial charge in [-0.1, -0.05) is 90.9 Å². The minimum atomic E-state index is -0.334. The number of para-hydroxylation sites is 1. The van der Waals surface area contributed by atoms with Crippen LogP contribution < -0.4 is 0 Å². The smallest absolute Gasteiger partial charge is 0.164 e. The summed E-state index contributed by atoms with van der Waals surface area (Å²) in [5.41, 5.74) is 3.36. The van der Waals surface area contributed by atoms with Crippen molar-refractivity contribution in [3.63, 3.8) is 0 Å². The van der Waals surface area contributed by atoms with Crippen LogP contribution in [0.15, 0.2) is 148 Å². The van der Waals surface area contributed by atoms with E-state index in [1.807, 2.05) is 78.9 Å². The predicted octanol–water partition coefficient (Wildman–Crippen LogP) is 10.3. The van der Waals surface area contributed by atoms with Crippen molar-refractivity contribution in [1.82, 2.24) is 15.0 Å². The fourth-order valence-electron chi connectivity index (χ4n) is 5.45. The second-order valence-corrected chi connectivity index (χ2v) is 10.4. The van der Waals surface area contributed by atoms with Crippen LogP contribution in [0.4, 0.5) is 0 Å². The van der Waals surface area contributed by atoms with Crippen molar-refractivity contribution in [1.29, 1.82) is 0 Å². The maximum Gasteiger partial charge on any atom is 0.164 e. The highest BCUT2D eigenvalue weighted by Crippen LogP contribution is 2.36. The zero-order valence-corrected chi connectivity index (χ0v) is 23.0. The van der Waals surface area contributed by atoms with Gasteiger partial charge in [0.05, 0.1) is 8.22 Å². The zero-order chi connectivity index (χ0) is 34.3. The van der Waals surface area contributed by atoms with Crippen LogP contribution in [-0.2, 0) is 0 Å². The maximum absolute atomic E-state index is 9.31. The Bertz CT molecular complexity index is 2840. The normalized spacial score (nSPS) is 13.5. The number of furan rings is 2. The molecule has 0 unspecified atom stereocenters. The Hall–Kier alpha value is -6.07. The van der Waals surface area contributed by atoms with E-state index < -0.39 is 0 Å². The highest BCUT2D eigenvalue weighted by atomic mass is 16.3. The summed E-state index contributed by atoms with van der Waals surface area (Å²) in [4.78, 5) is 14.3. The van der Waals surface area contributed by atoms with Gasteiger partial charge >= 0.3 is 0 Å².